The number of nitrogens with one attached hydrogen (secondary N) is 2. The van der Waals surface area contributed by atoms with E-state index in [4.69, 9.17) is 21.1 Å². The third kappa shape index (κ3) is 4.24. The van der Waals surface area contributed by atoms with E-state index in [0.717, 1.165) is 0 Å². The van der Waals surface area contributed by atoms with Crippen molar-refractivity contribution in [3.8, 4) is 5.75 Å². The number of aryl methyl sites for hydroxylation is 1. The quantitative estimate of drug-likeness (QED) is 0.828. The van der Waals surface area contributed by atoms with E-state index in [1.807, 2.05) is 0 Å². The summed E-state index contributed by atoms with van der Waals surface area (Å²) in [4.78, 5) is 23.8. The lowest BCUT2D eigenvalue weighted by atomic mass is 10.2. The number of carbonyl (C=O) groups is 2. The van der Waals surface area contributed by atoms with Crippen LogP contribution < -0.4 is 15.4 Å². The molecule has 2 amide bonds. The molecule has 0 saturated heterocycles. The molecule has 8 nitrogen and oxygen atoms in total. The summed E-state index contributed by atoms with van der Waals surface area (Å²) in [6, 6.07) is 4.82. The maximum Gasteiger partial charge on any atom is 0.277 e. The van der Waals surface area contributed by atoms with Gasteiger partial charge in [0.1, 0.15) is 12.4 Å². The third-order valence-electron chi connectivity index (χ3n) is 3.01. The van der Waals surface area contributed by atoms with Gasteiger partial charge in [0.15, 0.2) is 5.69 Å². The minimum absolute atomic E-state index is 0.0696. The molecule has 2 rings (SSSR count). The Hall–Kier alpha value is -2.58. The molecule has 0 aliphatic rings. The Labute approximate surface area is 143 Å². The van der Waals surface area contributed by atoms with Gasteiger partial charge in [-0.05, 0) is 12.1 Å². The van der Waals surface area contributed by atoms with Crippen molar-refractivity contribution in [2.75, 3.05) is 31.5 Å². The Balaban J connectivity index is 2.15. The first-order valence-corrected chi connectivity index (χ1v) is 7.29. The van der Waals surface area contributed by atoms with Gasteiger partial charge in [-0.15, -0.1) is 0 Å². The van der Waals surface area contributed by atoms with Crippen LogP contribution in [0.15, 0.2) is 24.4 Å². The van der Waals surface area contributed by atoms with Gasteiger partial charge < -0.3 is 20.1 Å². The smallest absolute Gasteiger partial charge is 0.277 e. The number of nitrogens with zero attached hydrogens (tertiary/aromatic N) is 2. The number of amides is 2. The highest BCUT2D eigenvalue weighted by Crippen LogP contribution is 2.28. The van der Waals surface area contributed by atoms with Crippen LogP contribution in [-0.4, -0.2) is 42.4 Å². The van der Waals surface area contributed by atoms with Crippen LogP contribution in [0.5, 0.6) is 5.75 Å². The van der Waals surface area contributed by atoms with E-state index in [9.17, 15) is 9.59 Å². The molecular weight excluding hydrogens is 336 g/mol. The number of halogens is 1. The van der Waals surface area contributed by atoms with Gasteiger partial charge in [0.25, 0.3) is 5.91 Å². The van der Waals surface area contributed by atoms with Gasteiger partial charge in [-0.2, -0.15) is 5.10 Å². The fourth-order valence-corrected chi connectivity index (χ4v) is 2.26. The van der Waals surface area contributed by atoms with Crippen molar-refractivity contribution in [1.29, 1.82) is 0 Å². The molecule has 0 aliphatic carbocycles. The summed E-state index contributed by atoms with van der Waals surface area (Å²) in [6.07, 6.45) is 1.53. The van der Waals surface area contributed by atoms with Crippen molar-refractivity contribution < 1.29 is 19.1 Å². The lowest BCUT2D eigenvalue weighted by Crippen LogP contribution is -2.18. The number of anilines is 2. The molecular formula is C15H17ClN4O4. The van der Waals surface area contributed by atoms with Gasteiger partial charge >= 0.3 is 0 Å². The molecule has 9 heteroatoms. The second-order valence-corrected chi connectivity index (χ2v) is 5.26. The zero-order valence-electron chi connectivity index (χ0n) is 13.4. The summed E-state index contributed by atoms with van der Waals surface area (Å²) >= 11 is 5.95. The standard InChI is InChI=1S/C15H17ClN4O4/c1-20-7-10(16)14(19-20)15(22)17-9-4-5-11(12(6-9)24-3)18-13(21)8-23-2/h4-7H,8H2,1-3H3,(H,17,22)(H,18,21). The van der Waals surface area contributed by atoms with Gasteiger partial charge in [-0.1, -0.05) is 11.6 Å². The summed E-state index contributed by atoms with van der Waals surface area (Å²) in [7, 11) is 4.56. The number of aromatic nitrogens is 2. The van der Waals surface area contributed by atoms with Gasteiger partial charge in [0.2, 0.25) is 5.91 Å². The molecule has 0 spiro atoms. The first-order chi connectivity index (χ1) is 11.4. The Bertz CT molecular complexity index is 760. The van der Waals surface area contributed by atoms with Crippen LogP contribution in [0, 0.1) is 0 Å². The summed E-state index contributed by atoms with van der Waals surface area (Å²) < 4.78 is 11.4. The van der Waals surface area contributed by atoms with Gasteiger partial charge in [-0.25, -0.2) is 0 Å². The molecule has 0 aliphatic heterocycles. The minimum Gasteiger partial charge on any atom is -0.494 e. The summed E-state index contributed by atoms with van der Waals surface area (Å²) in [5.74, 6) is -0.365. The number of hydrogen-bond donors (Lipinski definition) is 2. The first-order valence-electron chi connectivity index (χ1n) is 6.92. The van der Waals surface area contributed by atoms with Crippen molar-refractivity contribution in [3.05, 3.63) is 35.1 Å². The van der Waals surface area contributed by atoms with Crippen LogP contribution in [0.25, 0.3) is 0 Å². The number of ether oxygens (including phenoxy) is 2. The molecule has 2 N–H and O–H groups in total. The predicted octanol–water partition coefficient (Wildman–Crippen LogP) is 1.92. The molecule has 0 radical (unpaired) electrons. The molecule has 0 bridgehead atoms. The monoisotopic (exact) mass is 352 g/mol. The second kappa shape index (κ2) is 7.80. The second-order valence-electron chi connectivity index (χ2n) is 4.85. The average Bonchev–Trinajstić information content (AvgIpc) is 2.87. The van der Waals surface area contributed by atoms with Crippen LogP contribution in [-0.2, 0) is 16.6 Å². The minimum atomic E-state index is -0.446. The van der Waals surface area contributed by atoms with E-state index < -0.39 is 5.91 Å². The Morgan fingerprint density at radius 1 is 1.29 bits per heavy atom. The van der Waals surface area contributed by atoms with E-state index in [-0.39, 0.29) is 23.2 Å². The Morgan fingerprint density at radius 2 is 2.04 bits per heavy atom. The van der Waals surface area contributed by atoms with Gasteiger partial charge in [0.05, 0.1) is 17.8 Å². The third-order valence-corrected chi connectivity index (χ3v) is 3.28. The molecule has 0 atom stereocenters. The first kappa shape index (κ1) is 17.8. The number of carbonyl (C=O) groups excluding carboxylic acids is 2. The zero-order valence-corrected chi connectivity index (χ0v) is 14.2. The highest BCUT2D eigenvalue weighted by Gasteiger charge is 2.16. The lowest BCUT2D eigenvalue weighted by molar-refractivity contribution is -0.119. The summed E-state index contributed by atoms with van der Waals surface area (Å²) in [5, 5.41) is 9.58. The highest BCUT2D eigenvalue weighted by atomic mass is 35.5. The fraction of sp³-hybridized carbons (Fsp3) is 0.267. The molecule has 24 heavy (non-hydrogen) atoms. The SMILES string of the molecule is COCC(=O)Nc1ccc(NC(=O)c2nn(C)cc2Cl)cc1OC. The van der Waals surface area contributed by atoms with E-state index in [1.54, 1.807) is 25.2 Å². The fourth-order valence-electron chi connectivity index (χ4n) is 1.99. The van der Waals surface area contributed by atoms with Crippen molar-refractivity contribution in [2.45, 2.75) is 0 Å². The van der Waals surface area contributed by atoms with Crippen LogP contribution in [0.1, 0.15) is 10.5 Å². The summed E-state index contributed by atoms with van der Waals surface area (Å²) in [5.41, 5.74) is 1.06. The average molecular weight is 353 g/mol. The van der Waals surface area contributed by atoms with Crippen LogP contribution in [0.4, 0.5) is 11.4 Å². The van der Waals surface area contributed by atoms with E-state index >= 15 is 0 Å². The highest BCUT2D eigenvalue weighted by molar-refractivity contribution is 6.34. The zero-order chi connectivity index (χ0) is 17.7. The largest absolute Gasteiger partial charge is 0.494 e. The maximum atomic E-state index is 12.2. The number of hydrogen-bond acceptors (Lipinski definition) is 5. The molecule has 128 valence electrons. The Morgan fingerprint density at radius 3 is 2.62 bits per heavy atom. The van der Waals surface area contributed by atoms with Crippen LogP contribution >= 0.6 is 11.6 Å². The number of rotatable bonds is 6. The van der Waals surface area contributed by atoms with Crippen molar-refractivity contribution in [3.63, 3.8) is 0 Å². The Kier molecular flexibility index (Phi) is 5.78. The van der Waals surface area contributed by atoms with Crippen molar-refractivity contribution >= 4 is 34.8 Å². The normalized spacial score (nSPS) is 10.3. The van der Waals surface area contributed by atoms with Gasteiger partial charge in [0, 0.05) is 32.1 Å². The predicted molar refractivity (Wildman–Crippen MR) is 89.7 cm³/mol. The topological polar surface area (TPSA) is 94.5 Å². The van der Waals surface area contributed by atoms with Gasteiger partial charge in [-0.3, -0.25) is 14.3 Å². The molecule has 1 heterocycles. The van der Waals surface area contributed by atoms with E-state index in [0.29, 0.717) is 17.1 Å². The van der Waals surface area contributed by atoms with Crippen molar-refractivity contribution in [1.82, 2.24) is 9.78 Å². The molecule has 0 saturated carbocycles. The molecule has 0 fully saturated rings. The number of methoxy groups -OCH3 is 2. The van der Waals surface area contributed by atoms with E-state index in [2.05, 4.69) is 15.7 Å². The number of benzene rings is 1. The van der Waals surface area contributed by atoms with E-state index in [1.165, 1.54) is 25.1 Å². The van der Waals surface area contributed by atoms with Crippen molar-refractivity contribution in [2.24, 2.45) is 7.05 Å². The molecule has 1 aromatic heterocycles. The van der Waals surface area contributed by atoms with Crippen LogP contribution in [0.2, 0.25) is 5.02 Å². The van der Waals surface area contributed by atoms with Crippen LogP contribution in [0.3, 0.4) is 0 Å². The molecule has 2 aromatic rings. The maximum absolute atomic E-state index is 12.2. The molecule has 1 aromatic carbocycles. The summed E-state index contributed by atoms with van der Waals surface area (Å²) in [6.45, 7) is -0.0696. The lowest BCUT2D eigenvalue weighted by Gasteiger charge is -2.12. The molecule has 0 unspecified atom stereocenters.